The van der Waals surface area contributed by atoms with Crippen molar-refractivity contribution in [1.82, 2.24) is 10.2 Å². The van der Waals surface area contributed by atoms with Crippen LogP contribution in [0.4, 0.5) is 0 Å². The Bertz CT molecular complexity index is 828. The number of amides is 2. The van der Waals surface area contributed by atoms with Gasteiger partial charge in [0.2, 0.25) is 11.8 Å². The second kappa shape index (κ2) is 11.5. The van der Waals surface area contributed by atoms with E-state index in [1.54, 1.807) is 24.0 Å². The standard InChI is InChI=1S/C22H26Cl2N2O2S/c1-15(2)25-22(28)16(3)26(12-17-7-9-19(23)10-8-17)21(27)14-29-13-18-5-4-6-20(24)11-18/h4-11,15-16H,12-14H2,1-3H3,(H,25,28)/t16-/m0/s1. The molecule has 0 fully saturated rings. The summed E-state index contributed by atoms with van der Waals surface area (Å²) in [4.78, 5) is 27.1. The first kappa shape index (κ1) is 23.6. The molecule has 0 radical (unpaired) electrons. The van der Waals surface area contributed by atoms with Crippen molar-refractivity contribution < 1.29 is 9.59 Å². The van der Waals surface area contributed by atoms with Gasteiger partial charge >= 0.3 is 0 Å². The van der Waals surface area contributed by atoms with Gasteiger partial charge in [-0.1, -0.05) is 47.5 Å². The summed E-state index contributed by atoms with van der Waals surface area (Å²) in [6, 6.07) is 14.3. The lowest BCUT2D eigenvalue weighted by molar-refractivity contribution is -0.138. The van der Waals surface area contributed by atoms with E-state index in [-0.39, 0.29) is 23.6 Å². The lowest BCUT2D eigenvalue weighted by Gasteiger charge is -2.29. The van der Waals surface area contributed by atoms with Gasteiger partial charge in [-0.2, -0.15) is 0 Å². The highest BCUT2D eigenvalue weighted by Gasteiger charge is 2.26. The number of rotatable bonds is 9. The van der Waals surface area contributed by atoms with Gasteiger partial charge in [0.1, 0.15) is 6.04 Å². The van der Waals surface area contributed by atoms with Crippen LogP contribution in [-0.4, -0.2) is 34.6 Å². The highest BCUT2D eigenvalue weighted by atomic mass is 35.5. The molecule has 0 heterocycles. The van der Waals surface area contributed by atoms with Crippen molar-refractivity contribution in [1.29, 1.82) is 0 Å². The van der Waals surface area contributed by atoms with E-state index in [1.807, 2.05) is 50.2 Å². The third-order valence-electron chi connectivity index (χ3n) is 4.25. The Hall–Kier alpha value is -1.69. The largest absolute Gasteiger partial charge is 0.352 e. The summed E-state index contributed by atoms with van der Waals surface area (Å²) in [7, 11) is 0. The average Bonchev–Trinajstić information content (AvgIpc) is 2.66. The van der Waals surface area contributed by atoms with Gasteiger partial charge in [0.15, 0.2) is 0 Å². The number of hydrogen-bond acceptors (Lipinski definition) is 3. The zero-order valence-electron chi connectivity index (χ0n) is 16.8. The van der Waals surface area contributed by atoms with E-state index in [9.17, 15) is 9.59 Å². The first-order chi connectivity index (χ1) is 13.8. The summed E-state index contributed by atoms with van der Waals surface area (Å²) in [6.07, 6.45) is 0. The Kier molecular flexibility index (Phi) is 9.34. The molecule has 2 rings (SSSR count). The van der Waals surface area contributed by atoms with E-state index < -0.39 is 6.04 Å². The summed E-state index contributed by atoms with van der Waals surface area (Å²) in [5, 5.41) is 4.20. The van der Waals surface area contributed by atoms with E-state index in [0.29, 0.717) is 22.3 Å². The molecule has 156 valence electrons. The minimum absolute atomic E-state index is 0.00892. The van der Waals surface area contributed by atoms with Crippen molar-refractivity contribution in [2.75, 3.05) is 5.75 Å². The molecule has 1 atom stereocenters. The van der Waals surface area contributed by atoms with Crippen LogP contribution >= 0.6 is 35.0 Å². The summed E-state index contributed by atoms with van der Waals surface area (Å²) in [6.45, 7) is 5.90. The Morgan fingerprint density at radius 1 is 1.00 bits per heavy atom. The van der Waals surface area contributed by atoms with Gasteiger partial charge in [0, 0.05) is 28.4 Å². The maximum absolute atomic E-state index is 13.0. The van der Waals surface area contributed by atoms with Crippen LogP contribution in [0.15, 0.2) is 48.5 Å². The van der Waals surface area contributed by atoms with Crippen molar-refractivity contribution in [3.8, 4) is 0 Å². The summed E-state index contributed by atoms with van der Waals surface area (Å²) < 4.78 is 0. The molecule has 1 N–H and O–H groups in total. The number of hydrogen-bond donors (Lipinski definition) is 1. The zero-order chi connectivity index (χ0) is 21.4. The van der Waals surface area contributed by atoms with Gasteiger partial charge in [0.05, 0.1) is 5.75 Å². The van der Waals surface area contributed by atoms with Crippen LogP contribution in [0.3, 0.4) is 0 Å². The van der Waals surface area contributed by atoms with Gasteiger partial charge in [0.25, 0.3) is 0 Å². The SMILES string of the molecule is CC(C)NC(=O)[C@H](C)N(Cc1ccc(Cl)cc1)C(=O)CSCc1cccc(Cl)c1. The lowest BCUT2D eigenvalue weighted by Crippen LogP contribution is -2.49. The fourth-order valence-electron chi connectivity index (χ4n) is 2.74. The van der Waals surface area contributed by atoms with Gasteiger partial charge in [-0.15, -0.1) is 11.8 Å². The van der Waals surface area contributed by atoms with Crippen molar-refractivity contribution >= 4 is 46.8 Å². The predicted octanol–water partition coefficient (Wildman–Crippen LogP) is 5.17. The van der Waals surface area contributed by atoms with Crippen LogP contribution in [0.5, 0.6) is 0 Å². The van der Waals surface area contributed by atoms with Crippen LogP contribution in [0.2, 0.25) is 10.0 Å². The summed E-state index contributed by atoms with van der Waals surface area (Å²) >= 11 is 13.5. The second-order valence-electron chi connectivity index (χ2n) is 7.11. The van der Waals surface area contributed by atoms with Gasteiger partial charge in [-0.05, 0) is 56.2 Å². The minimum Gasteiger partial charge on any atom is -0.352 e. The van der Waals surface area contributed by atoms with Crippen molar-refractivity contribution in [3.63, 3.8) is 0 Å². The van der Waals surface area contributed by atoms with Crippen molar-refractivity contribution in [2.45, 2.75) is 45.2 Å². The number of halogens is 2. The van der Waals surface area contributed by atoms with E-state index in [0.717, 1.165) is 11.1 Å². The van der Waals surface area contributed by atoms with Crippen LogP contribution in [0.25, 0.3) is 0 Å². The molecule has 0 aromatic heterocycles. The van der Waals surface area contributed by atoms with E-state index >= 15 is 0 Å². The molecular formula is C22H26Cl2N2O2S. The van der Waals surface area contributed by atoms with Crippen LogP contribution in [-0.2, 0) is 21.9 Å². The number of thioether (sulfide) groups is 1. The molecule has 2 aromatic carbocycles. The molecule has 0 saturated heterocycles. The molecule has 0 saturated carbocycles. The Morgan fingerprint density at radius 2 is 1.69 bits per heavy atom. The highest BCUT2D eigenvalue weighted by molar-refractivity contribution is 7.99. The fraction of sp³-hybridized carbons (Fsp3) is 0.364. The van der Waals surface area contributed by atoms with E-state index in [4.69, 9.17) is 23.2 Å². The first-order valence-electron chi connectivity index (χ1n) is 9.42. The van der Waals surface area contributed by atoms with Gasteiger partial charge < -0.3 is 10.2 Å². The Labute approximate surface area is 187 Å². The number of nitrogens with one attached hydrogen (secondary N) is 1. The first-order valence-corrected chi connectivity index (χ1v) is 11.3. The molecule has 7 heteroatoms. The molecule has 0 bridgehead atoms. The molecule has 0 unspecified atom stereocenters. The topological polar surface area (TPSA) is 49.4 Å². The molecule has 4 nitrogen and oxygen atoms in total. The smallest absolute Gasteiger partial charge is 0.242 e. The molecule has 2 amide bonds. The number of carbonyl (C=O) groups excluding carboxylic acids is 2. The molecule has 2 aromatic rings. The number of nitrogens with zero attached hydrogens (tertiary/aromatic N) is 1. The zero-order valence-corrected chi connectivity index (χ0v) is 19.2. The van der Waals surface area contributed by atoms with Gasteiger partial charge in [-0.3, -0.25) is 9.59 Å². The molecule has 0 aliphatic rings. The number of carbonyl (C=O) groups is 2. The van der Waals surface area contributed by atoms with Crippen molar-refractivity contribution in [2.24, 2.45) is 0 Å². The molecule has 0 aliphatic heterocycles. The van der Waals surface area contributed by atoms with Gasteiger partial charge in [-0.25, -0.2) is 0 Å². The maximum atomic E-state index is 13.0. The quantitative estimate of drug-likeness (QED) is 0.570. The molecule has 29 heavy (non-hydrogen) atoms. The Morgan fingerprint density at radius 3 is 2.31 bits per heavy atom. The van der Waals surface area contributed by atoms with Crippen LogP contribution in [0, 0.1) is 0 Å². The van der Waals surface area contributed by atoms with Crippen molar-refractivity contribution in [3.05, 3.63) is 69.7 Å². The fourth-order valence-corrected chi connectivity index (χ4v) is 3.94. The monoisotopic (exact) mass is 452 g/mol. The van der Waals surface area contributed by atoms with E-state index in [2.05, 4.69) is 5.32 Å². The Balaban J connectivity index is 2.06. The predicted molar refractivity (Wildman–Crippen MR) is 122 cm³/mol. The third-order valence-corrected chi connectivity index (χ3v) is 5.72. The minimum atomic E-state index is -0.577. The second-order valence-corrected chi connectivity index (χ2v) is 8.97. The van der Waals surface area contributed by atoms with E-state index in [1.165, 1.54) is 11.8 Å². The summed E-state index contributed by atoms with van der Waals surface area (Å²) in [5.41, 5.74) is 1.98. The maximum Gasteiger partial charge on any atom is 0.242 e. The van der Waals surface area contributed by atoms with Crippen LogP contribution < -0.4 is 5.32 Å². The third kappa shape index (κ3) is 7.92. The summed E-state index contributed by atoms with van der Waals surface area (Å²) in [5.74, 6) is 0.702. The average molecular weight is 453 g/mol. The lowest BCUT2D eigenvalue weighted by atomic mass is 10.1. The van der Waals surface area contributed by atoms with Crippen LogP contribution in [0.1, 0.15) is 31.9 Å². The normalized spacial score (nSPS) is 11.9. The number of benzene rings is 2. The highest BCUT2D eigenvalue weighted by Crippen LogP contribution is 2.19. The molecule has 0 aliphatic carbocycles. The molecule has 0 spiro atoms. The molecular weight excluding hydrogens is 427 g/mol.